The van der Waals surface area contributed by atoms with E-state index in [1.54, 1.807) is 0 Å². The van der Waals surface area contributed by atoms with Gasteiger partial charge in [0.2, 0.25) is 5.91 Å². The highest BCUT2D eigenvalue weighted by Gasteiger charge is 2.29. The van der Waals surface area contributed by atoms with Gasteiger partial charge in [-0.15, -0.1) is 0 Å². The number of likely N-dealkylation sites (tertiary alicyclic amines) is 1. The van der Waals surface area contributed by atoms with Crippen LogP contribution in [0.5, 0.6) is 0 Å². The van der Waals surface area contributed by atoms with Gasteiger partial charge >= 0.3 is 0 Å². The number of amides is 1. The molecule has 1 atom stereocenters. The molecule has 6 nitrogen and oxygen atoms in total. The first-order valence-electron chi connectivity index (χ1n) is 9.65. The molecule has 138 valence electrons. The van der Waals surface area contributed by atoms with Crippen molar-refractivity contribution in [1.29, 1.82) is 0 Å². The molecule has 1 unspecified atom stereocenters. The van der Waals surface area contributed by atoms with Crippen LogP contribution in [0.1, 0.15) is 26.2 Å². The van der Waals surface area contributed by atoms with E-state index < -0.39 is 0 Å². The van der Waals surface area contributed by atoms with Crippen molar-refractivity contribution in [1.82, 2.24) is 19.6 Å². The molecule has 6 heteroatoms. The predicted octanol–water partition coefficient (Wildman–Crippen LogP) is 0.336. The summed E-state index contributed by atoms with van der Waals surface area (Å²) in [5.74, 6) is 0.340. The van der Waals surface area contributed by atoms with Crippen LogP contribution in [0, 0.1) is 0 Å². The van der Waals surface area contributed by atoms with E-state index in [9.17, 15) is 4.79 Å². The molecule has 3 heterocycles. The van der Waals surface area contributed by atoms with Crippen LogP contribution in [-0.2, 0) is 9.53 Å². The maximum absolute atomic E-state index is 12.4. The van der Waals surface area contributed by atoms with Crippen LogP contribution in [0.4, 0.5) is 0 Å². The minimum absolute atomic E-state index is 0.340. The van der Waals surface area contributed by atoms with Crippen molar-refractivity contribution in [3.05, 3.63) is 0 Å². The summed E-state index contributed by atoms with van der Waals surface area (Å²) in [6, 6.07) is 1.25. The standard InChI is InChI=1S/C18H34N4O2/c1-16-15-24-14-13-22(16)17-3-6-20(7-4-17)8-5-18(23)21-11-9-19(2)10-12-21/h16-17H,3-15H2,1-2H3. The highest BCUT2D eigenvalue weighted by atomic mass is 16.5. The molecule has 0 aromatic carbocycles. The first kappa shape index (κ1) is 18.1. The van der Waals surface area contributed by atoms with Crippen LogP contribution in [0.2, 0.25) is 0 Å². The fourth-order valence-electron chi connectivity index (χ4n) is 4.22. The number of ether oxygens (including phenoxy) is 1. The lowest BCUT2D eigenvalue weighted by atomic mass is 10.0. The van der Waals surface area contributed by atoms with Gasteiger partial charge in [-0.1, -0.05) is 0 Å². The summed E-state index contributed by atoms with van der Waals surface area (Å²) in [6.45, 7) is 12.1. The molecule has 0 saturated carbocycles. The molecule has 3 fully saturated rings. The summed E-state index contributed by atoms with van der Waals surface area (Å²) in [5, 5.41) is 0. The smallest absolute Gasteiger partial charge is 0.223 e. The SMILES string of the molecule is CC1COCCN1C1CCN(CCC(=O)N2CCN(C)CC2)CC1. The quantitative estimate of drug-likeness (QED) is 0.739. The average molecular weight is 338 g/mol. The van der Waals surface area contributed by atoms with E-state index in [0.29, 0.717) is 24.4 Å². The molecule has 0 N–H and O–H groups in total. The maximum atomic E-state index is 12.4. The number of carbonyl (C=O) groups is 1. The van der Waals surface area contributed by atoms with E-state index in [2.05, 4.69) is 28.7 Å². The Kier molecular flexibility index (Phi) is 6.49. The minimum Gasteiger partial charge on any atom is -0.379 e. The van der Waals surface area contributed by atoms with Gasteiger partial charge in [0, 0.05) is 57.8 Å². The molecular weight excluding hydrogens is 304 g/mol. The van der Waals surface area contributed by atoms with Crippen molar-refractivity contribution in [2.45, 2.75) is 38.3 Å². The Balaban J connectivity index is 1.35. The monoisotopic (exact) mass is 338 g/mol. The summed E-state index contributed by atoms with van der Waals surface area (Å²) in [5.41, 5.74) is 0. The number of piperidine rings is 1. The molecule has 0 radical (unpaired) electrons. The lowest BCUT2D eigenvalue weighted by molar-refractivity contribution is -0.133. The van der Waals surface area contributed by atoms with Gasteiger partial charge in [0.15, 0.2) is 0 Å². The normalized spacial score (nSPS) is 29.1. The zero-order chi connectivity index (χ0) is 16.9. The molecular formula is C18H34N4O2. The second-order valence-corrected chi connectivity index (χ2v) is 7.67. The van der Waals surface area contributed by atoms with Gasteiger partial charge in [0.05, 0.1) is 13.2 Å². The largest absolute Gasteiger partial charge is 0.379 e. The molecule has 3 saturated heterocycles. The molecule has 3 aliphatic heterocycles. The van der Waals surface area contributed by atoms with Gasteiger partial charge in [0.1, 0.15) is 0 Å². The second kappa shape index (κ2) is 8.61. The maximum Gasteiger partial charge on any atom is 0.223 e. The summed E-state index contributed by atoms with van der Waals surface area (Å²) >= 11 is 0. The Bertz CT molecular complexity index is 404. The van der Waals surface area contributed by atoms with Gasteiger partial charge in [-0.25, -0.2) is 0 Å². The number of nitrogens with zero attached hydrogens (tertiary/aromatic N) is 4. The molecule has 0 aromatic rings. The molecule has 24 heavy (non-hydrogen) atoms. The lowest BCUT2D eigenvalue weighted by Crippen LogP contribution is -2.53. The molecule has 3 rings (SSSR count). The molecule has 0 bridgehead atoms. The van der Waals surface area contributed by atoms with Crippen molar-refractivity contribution in [2.24, 2.45) is 0 Å². The molecule has 1 amide bonds. The van der Waals surface area contributed by atoms with Crippen LogP contribution in [0.25, 0.3) is 0 Å². The van der Waals surface area contributed by atoms with Crippen molar-refractivity contribution in [3.8, 4) is 0 Å². The number of carbonyl (C=O) groups excluding carboxylic acids is 1. The predicted molar refractivity (Wildman–Crippen MR) is 95.1 cm³/mol. The Labute approximate surface area is 146 Å². The number of piperazine rings is 1. The zero-order valence-corrected chi connectivity index (χ0v) is 15.5. The topological polar surface area (TPSA) is 39.3 Å². The molecule has 0 spiro atoms. The summed E-state index contributed by atoms with van der Waals surface area (Å²) in [7, 11) is 2.13. The van der Waals surface area contributed by atoms with Gasteiger partial charge in [0.25, 0.3) is 0 Å². The van der Waals surface area contributed by atoms with Gasteiger partial charge < -0.3 is 19.4 Å². The number of rotatable bonds is 4. The van der Waals surface area contributed by atoms with E-state index in [1.807, 2.05) is 4.90 Å². The second-order valence-electron chi connectivity index (χ2n) is 7.67. The summed E-state index contributed by atoms with van der Waals surface area (Å²) in [4.78, 5) is 21.8. The summed E-state index contributed by atoms with van der Waals surface area (Å²) in [6.07, 6.45) is 3.14. The van der Waals surface area contributed by atoms with E-state index in [4.69, 9.17) is 4.74 Å². The highest BCUT2D eigenvalue weighted by molar-refractivity contribution is 5.76. The Hall–Kier alpha value is -0.690. The van der Waals surface area contributed by atoms with Crippen LogP contribution in [-0.4, -0.2) is 110 Å². The van der Waals surface area contributed by atoms with Crippen LogP contribution < -0.4 is 0 Å². The van der Waals surface area contributed by atoms with Gasteiger partial charge in [-0.3, -0.25) is 9.69 Å². The van der Waals surface area contributed by atoms with Crippen molar-refractivity contribution >= 4 is 5.91 Å². The van der Waals surface area contributed by atoms with Gasteiger partial charge in [-0.05, 0) is 39.9 Å². The number of morpholine rings is 1. The lowest BCUT2D eigenvalue weighted by Gasteiger charge is -2.43. The van der Waals surface area contributed by atoms with Crippen molar-refractivity contribution < 1.29 is 9.53 Å². The summed E-state index contributed by atoms with van der Waals surface area (Å²) < 4.78 is 5.56. The number of hydrogen-bond acceptors (Lipinski definition) is 5. The van der Waals surface area contributed by atoms with Crippen molar-refractivity contribution in [2.75, 3.05) is 72.6 Å². The zero-order valence-electron chi connectivity index (χ0n) is 15.5. The van der Waals surface area contributed by atoms with E-state index in [0.717, 1.165) is 65.6 Å². The van der Waals surface area contributed by atoms with Gasteiger partial charge in [-0.2, -0.15) is 0 Å². The Morgan fingerprint density at radius 3 is 2.42 bits per heavy atom. The third-order valence-corrected chi connectivity index (χ3v) is 5.94. The van der Waals surface area contributed by atoms with E-state index in [-0.39, 0.29) is 0 Å². The van der Waals surface area contributed by atoms with Crippen LogP contribution >= 0.6 is 0 Å². The molecule has 0 aliphatic carbocycles. The van der Waals surface area contributed by atoms with E-state index in [1.165, 1.54) is 12.8 Å². The Morgan fingerprint density at radius 2 is 1.75 bits per heavy atom. The average Bonchev–Trinajstić information content (AvgIpc) is 2.61. The fraction of sp³-hybridized carbons (Fsp3) is 0.944. The third-order valence-electron chi connectivity index (χ3n) is 5.94. The van der Waals surface area contributed by atoms with Crippen LogP contribution in [0.15, 0.2) is 0 Å². The molecule has 3 aliphatic rings. The van der Waals surface area contributed by atoms with E-state index >= 15 is 0 Å². The molecule has 0 aromatic heterocycles. The Morgan fingerprint density at radius 1 is 1.04 bits per heavy atom. The highest BCUT2D eigenvalue weighted by Crippen LogP contribution is 2.21. The number of hydrogen-bond donors (Lipinski definition) is 0. The minimum atomic E-state index is 0.340. The first-order chi connectivity index (χ1) is 11.6. The number of likely N-dealkylation sites (N-methyl/N-ethyl adjacent to an activating group) is 1. The van der Waals surface area contributed by atoms with Crippen LogP contribution in [0.3, 0.4) is 0 Å². The fourth-order valence-corrected chi connectivity index (χ4v) is 4.22. The third kappa shape index (κ3) is 4.69. The van der Waals surface area contributed by atoms with Crippen molar-refractivity contribution in [3.63, 3.8) is 0 Å². The first-order valence-corrected chi connectivity index (χ1v) is 9.65.